The Morgan fingerprint density at radius 1 is 1.62 bits per heavy atom. The Balaban J connectivity index is 2.15. The molecule has 0 saturated heterocycles. The van der Waals surface area contributed by atoms with Crippen molar-refractivity contribution >= 4 is 34.9 Å². The Hall–Kier alpha value is -1.08. The van der Waals surface area contributed by atoms with Crippen molar-refractivity contribution in [3.8, 4) is 0 Å². The molecule has 1 heterocycles. The van der Waals surface area contributed by atoms with E-state index in [2.05, 4.69) is 10.3 Å². The van der Waals surface area contributed by atoms with Gasteiger partial charge < -0.3 is 11.1 Å². The van der Waals surface area contributed by atoms with Crippen molar-refractivity contribution in [3.05, 3.63) is 16.1 Å². The number of primary amides is 1. The molecule has 88 valence electrons. The largest absolute Gasteiger partial charge is 0.368 e. The highest BCUT2D eigenvalue weighted by Crippen LogP contribution is 2.14. The number of carbonyl (C=O) groups is 2. The molecule has 0 unspecified atom stereocenters. The van der Waals surface area contributed by atoms with Crippen LogP contribution in [0, 0.1) is 6.92 Å². The number of hydrogen-bond acceptors (Lipinski definition) is 5. The molecule has 0 aliphatic carbocycles. The molecular formula is C9H13N3O2S2. The summed E-state index contributed by atoms with van der Waals surface area (Å²) in [4.78, 5) is 25.9. The lowest BCUT2D eigenvalue weighted by atomic mass is 10.6. The standard InChI is InChI=1S/C9H13N3O2S2/c1-6-12-7(4-16-6)3-15-5-9(14)11-2-8(10)13/h4H,2-3,5H2,1H3,(H2,10,13)(H,11,14). The van der Waals surface area contributed by atoms with E-state index in [1.807, 2.05) is 12.3 Å². The Morgan fingerprint density at radius 3 is 2.94 bits per heavy atom. The molecule has 0 aliphatic rings. The Labute approximate surface area is 102 Å². The number of nitrogens with two attached hydrogens (primary N) is 1. The first-order valence-corrected chi connectivity index (χ1v) is 6.65. The number of thioether (sulfide) groups is 1. The van der Waals surface area contributed by atoms with E-state index in [1.165, 1.54) is 11.8 Å². The summed E-state index contributed by atoms with van der Waals surface area (Å²) in [6.45, 7) is 1.84. The maximum atomic E-state index is 11.2. The van der Waals surface area contributed by atoms with E-state index < -0.39 is 5.91 Å². The minimum absolute atomic E-state index is 0.102. The topological polar surface area (TPSA) is 85.1 Å². The van der Waals surface area contributed by atoms with Crippen LogP contribution in [0.2, 0.25) is 0 Å². The van der Waals surface area contributed by atoms with Crippen molar-refractivity contribution in [2.24, 2.45) is 5.73 Å². The van der Waals surface area contributed by atoms with Crippen LogP contribution in [0.5, 0.6) is 0 Å². The van der Waals surface area contributed by atoms with E-state index in [1.54, 1.807) is 11.3 Å². The Kier molecular flexibility index (Phi) is 5.27. The minimum atomic E-state index is -0.534. The quantitative estimate of drug-likeness (QED) is 0.768. The van der Waals surface area contributed by atoms with Gasteiger partial charge in [0.05, 0.1) is 23.0 Å². The number of carbonyl (C=O) groups excluding carboxylic acids is 2. The molecule has 1 aromatic rings. The predicted molar refractivity (Wildman–Crippen MR) is 65.2 cm³/mol. The molecule has 16 heavy (non-hydrogen) atoms. The second kappa shape index (κ2) is 6.49. The van der Waals surface area contributed by atoms with Gasteiger partial charge in [0.2, 0.25) is 11.8 Å². The van der Waals surface area contributed by atoms with Gasteiger partial charge in [-0.05, 0) is 6.92 Å². The molecule has 3 N–H and O–H groups in total. The van der Waals surface area contributed by atoms with Crippen molar-refractivity contribution in [2.75, 3.05) is 12.3 Å². The lowest BCUT2D eigenvalue weighted by molar-refractivity contribution is -0.123. The number of aryl methyl sites for hydroxylation is 1. The zero-order valence-electron chi connectivity index (χ0n) is 8.86. The highest BCUT2D eigenvalue weighted by Gasteiger charge is 2.04. The molecule has 1 rings (SSSR count). The number of hydrogen-bond donors (Lipinski definition) is 2. The highest BCUT2D eigenvalue weighted by atomic mass is 32.2. The van der Waals surface area contributed by atoms with Crippen LogP contribution in [-0.4, -0.2) is 29.1 Å². The number of rotatable bonds is 6. The second-order valence-electron chi connectivity index (χ2n) is 3.09. The second-order valence-corrected chi connectivity index (χ2v) is 5.14. The van der Waals surface area contributed by atoms with E-state index in [0.29, 0.717) is 11.5 Å². The van der Waals surface area contributed by atoms with Crippen LogP contribution in [0.15, 0.2) is 5.38 Å². The molecule has 0 aliphatic heterocycles. The molecule has 0 radical (unpaired) electrons. The zero-order valence-corrected chi connectivity index (χ0v) is 10.5. The molecule has 0 aromatic carbocycles. The summed E-state index contributed by atoms with van der Waals surface area (Å²) in [6.07, 6.45) is 0. The fourth-order valence-electron chi connectivity index (χ4n) is 0.960. The summed E-state index contributed by atoms with van der Waals surface area (Å²) in [5.74, 6) is 0.294. The van der Waals surface area contributed by atoms with Gasteiger partial charge in [0, 0.05) is 11.1 Å². The Bertz CT molecular complexity index is 379. The van der Waals surface area contributed by atoms with Gasteiger partial charge in [-0.1, -0.05) is 0 Å². The summed E-state index contributed by atoms with van der Waals surface area (Å²) in [5.41, 5.74) is 5.88. The molecule has 5 nitrogen and oxygen atoms in total. The van der Waals surface area contributed by atoms with E-state index in [9.17, 15) is 9.59 Å². The lowest BCUT2D eigenvalue weighted by Crippen LogP contribution is -2.34. The van der Waals surface area contributed by atoms with Crippen molar-refractivity contribution in [1.82, 2.24) is 10.3 Å². The third-order valence-electron chi connectivity index (χ3n) is 1.61. The molecule has 2 amide bonds. The van der Waals surface area contributed by atoms with Crippen LogP contribution in [0.4, 0.5) is 0 Å². The molecule has 0 fully saturated rings. The molecule has 0 atom stereocenters. The minimum Gasteiger partial charge on any atom is -0.368 e. The first-order chi connectivity index (χ1) is 7.58. The third-order valence-corrected chi connectivity index (χ3v) is 3.40. The molecule has 1 aromatic heterocycles. The number of thiazole rings is 1. The van der Waals surface area contributed by atoms with Gasteiger partial charge in [-0.3, -0.25) is 9.59 Å². The van der Waals surface area contributed by atoms with Crippen LogP contribution in [0.3, 0.4) is 0 Å². The van der Waals surface area contributed by atoms with Crippen molar-refractivity contribution in [1.29, 1.82) is 0 Å². The van der Waals surface area contributed by atoms with Crippen LogP contribution < -0.4 is 11.1 Å². The van der Waals surface area contributed by atoms with Crippen LogP contribution >= 0.6 is 23.1 Å². The normalized spacial score (nSPS) is 10.1. The predicted octanol–water partition coefficient (Wildman–Crippen LogP) is 0.286. The zero-order chi connectivity index (χ0) is 12.0. The van der Waals surface area contributed by atoms with Gasteiger partial charge in [-0.15, -0.1) is 23.1 Å². The maximum Gasteiger partial charge on any atom is 0.236 e. The fourth-order valence-corrected chi connectivity index (χ4v) is 2.42. The van der Waals surface area contributed by atoms with Crippen molar-refractivity contribution in [2.45, 2.75) is 12.7 Å². The van der Waals surface area contributed by atoms with E-state index in [0.717, 1.165) is 10.7 Å². The fraction of sp³-hybridized carbons (Fsp3) is 0.444. The molecule has 0 saturated carbocycles. The summed E-state index contributed by atoms with van der Waals surface area (Å²) in [5, 5.41) is 5.42. The van der Waals surface area contributed by atoms with Gasteiger partial charge in [-0.2, -0.15) is 0 Å². The van der Waals surface area contributed by atoms with E-state index in [4.69, 9.17) is 5.73 Å². The van der Waals surface area contributed by atoms with Gasteiger partial charge in [0.1, 0.15) is 0 Å². The van der Waals surface area contributed by atoms with E-state index >= 15 is 0 Å². The first kappa shape index (κ1) is 13.0. The summed E-state index contributed by atoms with van der Waals surface area (Å²) in [7, 11) is 0. The SMILES string of the molecule is Cc1nc(CSCC(=O)NCC(N)=O)cs1. The maximum absolute atomic E-state index is 11.2. The number of aromatic nitrogens is 1. The van der Waals surface area contributed by atoms with Crippen molar-refractivity contribution in [3.63, 3.8) is 0 Å². The number of nitrogens with one attached hydrogen (secondary N) is 1. The van der Waals surface area contributed by atoms with Gasteiger partial charge in [0.15, 0.2) is 0 Å². The van der Waals surface area contributed by atoms with E-state index in [-0.39, 0.29) is 12.5 Å². The van der Waals surface area contributed by atoms with Crippen LogP contribution in [0.1, 0.15) is 10.7 Å². The summed E-state index contributed by atoms with van der Waals surface area (Å²) < 4.78 is 0. The third kappa shape index (κ3) is 5.13. The molecular weight excluding hydrogens is 246 g/mol. The summed E-state index contributed by atoms with van der Waals surface area (Å²) >= 11 is 3.05. The monoisotopic (exact) mass is 259 g/mol. The van der Waals surface area contributed by atoms with Gasteiger partial charge >= 0.3 is 0 Å². The van der Waals surface area contributed by atoms with Crippen LogP contribution in [0.25, 0.3) is 0 Å². The molecule has 0 bridgehead atoms. The van der Waals surface area contributed by atoms with Crippen LogP contribution in [-0.2, 0) is 15.3 Å². The summed E-state index contributed by atoms with van der Waals surface area (Å²) in [6, 6.07) is 0. The van der Waals surface area contributed by atoms with Gasteiger partial charge in [0.25, 0.3) is 0 Å². The number of amides is 2. The van der Waals surface area contributed by atoms with Crippen molar-refractivity contribution < 1.29 is 9.59 Å². The smallest absolute Gasteiger partial charge is 0.236 e. The Morgan fingerprint density at radius 2 is 2.38 bits per heavy atom. The average molecular weight is 259 g/mol. The first-order valence-electron chi connectivity index (χ1n) is 4.61. The molecule has 7 heteroatoms. The average Bonchev–Trinajstić information content (AvgIpc) is 2.61. The van der Waals surface area contributed by atoms with Gasteiger partial charge in [-0.25, -0.2) is 4.98 Å². The number of nitrogens with zero attached hydrogens (tertiary/aromatic N) is 1. The highest BCUT2D eigenvalue weighted by molar-refractivity contribution is 7.99. The molecule has 0 spiro atoms. The lowest BCUT2D eigenvalue weighted by Gasteiger charge is -2.01.